The Morgan fingerprint density at radius 3 is 2.56 bits per heavy atom. The Labute approximate surface area is 141 Å². The standard InChI is InChI=1S/C13H14N.CH3.K/c1-13(2,3)11-7-6-10-5-4-8-14-12(10)9-11;;/h4-6,8-9H,1-3H3;1H3;/q2*-1;+1. The summed E-state index contributed by atoms with van der Waals surface area (Å²) in [6.45, 7) is 6.56. The van der Waals surface area contributed by atoms with E-state index in [4.69, 9.17) is 0 Å². The van der Waals surface area contributed by atoms with Gasteiger partial charge in [0.2, 0.25) is 0 Å². The molecule has 1 aromatic carbocycles. The third-order valence-electron chi connectivity index (χ3n) is 2.34. The molecule has 0 unspecified atom stereocenters. The van der Waals surface area contributed by atoms with E-state index in [-0.39, 0.29) is 64.2 Å². The van der Waals surface area contributed by atoms with E-state index in [1.165, 1.54) is 5.56 Å². The van der Waals surface area contributed by atoms with Crippen LogP contribution in [-0.4, -0.2) is 4.98 Å². The number of pyridine rings is 1. The van der Waals surface area contributed by atoms with Crippen molar-refractivity contribution in [3.63, 3.8) is 0 Å². The number of nitrogens with zero attached hydrogens (tertiary/aromatic N) is 1. The second kappa shape index (κ2) is 6.27. The van der Waals surface area contributed by atoms with Crippen LogP contribution in [0.3, 0.4) is 0 Å². The maximum atomic E-state index is 4.34. The van der Waals surface area contributed by atoms with Gasteiger partial charge >= 0.3 is 51.4 Å². The molecule has 16 heavy (non-hydrogen) atoms. The van der Waals surface area contributed by atoms with Gasteiger partial charge in [0, 0.05) is 6.20 Å². The summed E-state index contributed by atoms with van der Waals surface area (Å²) in [7, 11) is 0. The van der Waals surface area contributed by atoms with E-state index in [1.807, 2.05) is 18.3 Å². The Balaban J connectivity index is 0.00000112. The van der Waals surface area contributed by atoms with Gasteiger partial charge in [0.1, 0.15) is 0 Å². The number of benzene rings is 1. The summed E-state index contributed by atoms with van der Waals surface area (Å²) in [4.78, 5) is 4.34. The summed E-state index contributed by atoms with van der Waals surface area (Å²) in [6.07, 6.45) is 1.83. The Morgan fingerprint density at radius 1 is 1.25 bits per heavy atom. The first-order valence-corrected chi connectivity index (χ1v) is 4.84. The molecule has 0 spiro atoms. The van der Waals surface area contributed by atoms with Crippen molar-refractivity contribution >= 4 is 10.9 Å². The first-order valence-electron chi connectivity index (χ1n) is 4.84. The van der Waals surface area contributed by atoms with Crippen molar-refractivity contribution in [2.24, 2.45) is 0 Å². The summed E-state index contributed by atoms with van der Waals surface area (Å²) < 4.78 is 0. The first-order chi connectivity index (χ1) is 6.57. The minimum absolute atomic E-state index is 0. The van der Waals surface area contributed by atoms with Crippen molar-refractivity contribution in [1.29, 1.82) is 0 Å². The van der Waals surface area contributed by atoms with Gasteiger partial charge < -0.3 is 7.43 Å². The summed E-state index contributed by atoms with van der Waals surface area (Å²) in [5.41, 5.74) is 2.41. The topological polar surface area (TPSA) is 12.9 Å². The van der Waals surface area contributed by atoms with Crippen LogP contribution in [0.25, 0.3) is 10.9 Å². The van der Waals surface area contributed by atoms with E-state index < -0.39 is 0 Å². The third-order valence-corrected chi connectivity index (χ3v) is 2.34. The van der Waals surface area contributed by atoms with Crippen LogP contribution in [0.2, 0.25) is 0 Å². The molecule has 2 rings (SSSR count). The van der Waals surface area contributed by atoms with Gasteiger partial charge in [-0.05, 0) is 10.9 Å². The minimum Gasteiger partial charge on any atom is -0.358 e. The second-order valence-electron chi connectivity index (χ2n) is 4.57. The molecular weight excluding hydrogens is 221 g/mol. The van der Waals surface area contributed by atoms with Gasteiger partial charge in [-0.1, -0.05) is 26.8 Å². The predicted molar refractivity (Wildman–Crippen MR) is 65.7 cm³/mol. The van der Waals surface area contributed by atoms with Crippen LogP contribution in [0.1, 0.15) is 26.3 Å². The van der Waals surface area contributed by atoms with E-state index in [0.29, 0.717) is 0 Å². The molecule has 0 aliphatic heterocycles. The average molecular weight is 238 g/mol. The smallest absolute Gasteiger partial charge is 0.358 e. The third kappa shape index (κ3) is 3.64. The first kappa shape index (κ1) is 16.3. The van der Waals surface area contributed by atoms with Crippen molar-refractivity contribution in [3.8, 4) is 0 Å². The van der Waals surface area contributed by atoms with E-state index in [0.717, 1.165) is 10.9 Å². The molecule has 0 bridgehead atoms. The molecule has 0 N–H and O–H groups in total. The largest absolute Gasteiger partial charge is 1.00 e. The van der Waals surface area contributed by atoms with Gasteiger partial charge in [0.15, 0.2) is 0 Å². The number of aromatic nitrogens is 1. The second-order valence-corrected chi connectivity index (χ2v) is 4.57. The molecule has 0 radical (unpaired) electrons. The molecule has 2 heteroatoms. The molecule has 80 valence electrons. The van der Waals surface area contributed by atoms with Crippen LogP contribution >= 0.6 is 0 Å². The fraction of sp³-hybridized carbons (Fsp3) is 0.286. The maximum Gasteiger partial charge on any atom is 1.00 e. The molecule has 1 heterocycles. The zero-order valence-electron chi connectivity index (χ0n) is 10.8. The minimum atomic E-state index is 0. The van der Waals surface area contributed by atoms with Crippen molar-refractivity contribution in [3.05, 3.63) is 49.5 Å². The molecule has 0 amide bonds. The van der Waals surface area contributed by atoms with E-state index in [1.54, 1.807) is 0 Å². The normalized spacial score (nSPS) is 10.4. The number of hydrogen-bond donors (Lipinski definition) is 0. The predicted octanol–water partition coefficient (Wildman–Crippen LogP) is 0.787. The summed E-state index contributed by atoms with van der Waals surface area (Å²) in [5, 5.41) is 1.15. The van der Waals surface area contributed by atoms with E-state index in [9.17, 15) is 0 Å². The average Bonchev–Trinajstić information content (AvgIpc) is 2.16. The van der Waals surface area contributed by atoms with Crippen molar-refractivity contribution in [2.45, 2.75) is 26.2 Å². The van der Waals surface area contributed by atoms with E-state index >= 15 is 0 Å². The van der Waals surface area contributed by atoms with Crippen LogP contribution in [0, 0.1) is 13.5 Å². The fourth-order valence-electron chi connectivity index (χ4n) is 1.44. The molecular formula is C14H17KN-. The SMILES string of the molecule is CC(C)(C)c1[c-]cc2cccnc2c1.[CH3-].[K+]. The Morgan fingerprint density at radius 2 is 1.94 bits per heavy atom. The Hall–Kier alpha value is 0.266. The van der Waals surface area contributed by atoms with Gasteiger partial charge in [-0.15, -0.1) is 17.5 Å². The van der Waals surface area contributed by atoms with Crippen LogP contribution in [0.4, 0.5) is 0 Å². The molecule has 0 aliphatic carbocycles. The van der Waals surface area contributed by atoms with Gasteiger partial charge in [-0.2, -0.15) is 17.7 Å². The number of fused-ring (bicyclic) bond motifs is 1. The molecule has 2 aromatic rings. The van der Waals surface area contributed by atoms with Crippen LogP contribution in [0.15, 0.2) is 30.5 Å². The van der Waals surface area contributed by atoms with Gasteiger partial charge in [0.25, 0.3) is 0 Å². The molecule has 0 atom stereocenters. The molecule has 0 saturated heterocycles. The Kier molecular flexibility index (Phi) is 6.37. The fourth-order valence-corrected chi connectivity index (χ4v) is 1.44. The van der Waals surface area contributed by atoms with Gasteiger partial charge in [-0.3, -0.25) is 4.98 Å². The molecule has 0 saturated carbocycles. The van der Waals surface area contributed by atoms with Crippen LogP contribution in [0.5, 0.6) is 0 Å². The molecule has 1 aromatic heterocycles. The van der Waals surface area contributed by atoms with E-state index in [2.05, 4.69) is 44.0 Å². The summed E-state index contributed by atoms with van der Waals surface area (Å²) in [6, 6.07) is 11.5. The number of rotatable bonds is 0. The van der Waals surface area contributed by atoms with Crippen molar-refractivity contribution in [2.75, 3.05) is 0 Å². The van der Waals surface area contributed by atoms with Crippen LogP contribution in [-0.2, 0) is 5.41 Å². The quantitative estimate of drug-likeness (QED) is 0.488. The van der Waals surface area contributed by atoms with Crippen LogP contribution < -0.4 is 51.4 Å². The summed E-state index contributed by atoms with van der Waals surface area (Å²) >= 11 is 0. The monoisotopic (exact) mass is 238 g/mol. The molecule has 1 nitrogen and oxygen atoms in total. The zero-order valence-corrected chi connectivity index (χ0v) is 14.0. The van der Waals surface area contributed by atoms with Crippen molar-refractivity contribution < 1.29 is 51.4 Å². The van der Waals surface area contributed by atoms with Gasteiger partial charge in [0.05, 0.1) is 0 Å². The molecule has 0 fully saturated rings. The number of hydrogen-bond acceptors (Lipinski definition) is 1. The van der Waals surface area contributed by atoms with Gasteiger partial charge in [-0.25, -0.2) is 0 Å². The Bertz CT molecular complexity index is 457. The summed E-state index contributed by atoms with van der Waals surface area (Å²) in [5.74, 6) is 0. The van der Waals surface area contributed by atoms with Crippen molar-refractivity contribution in [1.82, 2.24) is 4.98 Å². The molecule has 0 aliphatic rings. The maximum absolute atomic E-state index is 4.34. The zero-order chi connectivity index (χ0) is 10.2.